The van der Waals surface area contributed by atoms with Gasteiger partial charge in [0.1, 0.15) is 5.69 Å². The summed E-state index contributed by atoms with van der Waals surface area (Å²) in [5.41, 5.74) is 5.15. The van der Waals surface area contributed by atoms with E-state index in [2.05, 4.69) is 26.8 Å². The SMILES string of the molecule is Cn1cc(Br)cc1C(=O)NNC(=O)CSCC(=O)N1CCCCC1. The Kier molecular flexibility index (Phi) is 7.16. The zero-order valence-corrected chi connectivity index (χ0v) is 15.9. The average Bonchev–Trinajstić information content (AvgIpc) is 2.92. The van der Waals surface area contributed by atoms with Crippen LogP contribution in [-0.2, 0) is 16.6 Å². The smallest absolute Gasteiger partial charge is 0.286 e. The van der Waals surface area contributed by atoms with Gasteiger partial charge in [0.25, 0.3) is 5.91 Å². The summed E-state index contributed by atoms with van der Waals surface area (Å²) in [6.07, 6.45) is 5.03. The quantitative estimate of drug-likeness (QED) is 0.708. The van der Waals surface area contributed by atoms with E-state index in [-0.39, 0.29) is 23.3 Å². The Morgan fingerprint density at radius 2 is 1.88 bits per heavy atom. The van der Waals surface area contributed by atoms with Crippen LogP contribution in [0.3, 0.4) is 0 Å². The molecule has 0 spiro atoms. The van der Waals surface area contributed by atoms with E-state index in [0.717, 1.165) is 30.4 Å². The van der Waals surface area contributed by atoms with E-state index in [1.165, 1.54) is 18.2 Å². The van der Waals surface area contributed by atoms with E-state index in [0.29, 0.717) is 5.69 Å². The molecule has 0 radical (unpaired) electrons. The normalized spacial score (nSPS) is 14.3. The molecule has 24 heavy (non-hydrogen) atoms. The summed E-state index contributed by atoms with van der Waals surface area (Å²) in [6, 6.07) is 1.66. The lowest BCUT2D eigenvalue weighted by molar-refractivity contribution is -0.129. The van der Waals surface area contributed by atoms with Gasteiger partial charge in [-0.25, -0.2) is 0 Å². The van der Waals surface area contributed by atoms with Crippen molar-refractivity contribution in [2.45, 2.75) is 19.3 Å². The molecule has 0 saturated carbocycles. The summed E-state index contributed by atoms with van der Waals surface area (Å²) in [6.45, 7) is 1.63. The number of hydrazine groups is 1. The van der Waals surface area contributed by atoms with Crippen LogP contribution in [-0.4, -0.2) is 51.8 Å². The lowest BCUT2D eigenvalue weighted by atomic mass is 10.1. The number of carbonyl (C=O) groups excluding carboxylic acids is 3. The Labute approximate surface area is 153 Å². The molecule has 0 aliphatic carbocycles. The first kappa shape index (κ1) is 18.9. The minimum absolute atomic E-state index is 0.0743. The van der Waals surface area contributed by atoms with Crippen LogP contribution < -0.4 is 10.9 Å². The van der Waals surface area contributed by atoms with E-state index in [9.17, 15) is 14.4 Å². The van der Waals surface area contributed by atoms with Crippen LogP contribution in [0.25, 0.3) is 0 Å². The predicted molar refractivity (Wildman–Crippen MR) is 96.5 cm³/mol. The molecule has 1 aliphatic heterocycles. The maximum Gasteiger partial charge on any atom is 0.286 e. The number of hydrogen-bond donors (Lipinski definition) is 2. The number of aromatic nitrogens is 1. The minimum atomic E-state index is -0.397. The van der Waals surface area contributed by atoms with Crippen LogP contribution in [0.1, 0.15) is 29.8 Å². The first-order valence-corrected chi connectivity index (χ1v) is 9.68. The number of rotatable bonds is 5. The summed E-state index contributed by atoms with van der Waals surface area (Å²) in [7, 11) is 1.74. The summed E-state index contributed by atoms with van der Waals surface area (Å²) >= 11 is 4.53. The highest BCUT2D eigenvalue weighted by molar-refractivity contribution is 9.10. The second-order valence-electron chi connectivity index (χ2n) is 5.59. The monoisotopic (exact) mass is 416 g/mol. The molecule has 0 bridgehead atoms. The number of aryl methyl sites for hydroxylation is 1. The maximum absolute atomic E-state index is 12.0. The van der Waals surface area contributed by atoms with Gasteiger partial charge in [0.05, 0.1) is 11.5 Å². The van der Waals surface area contributed by atoms with Crippen LogP contribution in [0, 0.1) is 0 Å². The average molecular weight is 417 g/mol. The topological polar surface area (TPSA) is 83.4 Å². The van der Waals surface area contributed by atoms with E-state index < -0.39 is 5.91 Å². The second kappa shape index (κ2) is 9.12. The first-order chi connectivity index (χ1) is 11.5. The van der Waals surface area contributed by atoms with Gasteiger partial charge in [-0.05, 0) is 41.3 Å². The Balaban J connectivity index is 1.65. The molecule has 0 unspecified atom stereocenters. The summed E-state index contributed by atoms with van der Waals surface area (Å²) in [4.78, 5) is 37.5. The van der Waals surface area contributed by atoms with Crippen molar-refractivity contribution in [1.29, 1.82) is 0 Å². The van der Waals surface area contributed by atoms with Gasteiger partial charge in [-0.1, -0.05) is 0 Å². The van der Waals surface area contributed by atoms with Gasteiger partial charge in [-0.3, -0.25) is 25.2 Å². The maximum atomic E-state index is 12.0. The molecule has 0 atom stereocenters. The Morgan fingerprint density at radius 3 is 2.50 bits per heavy atom. The highest BCUT2D eigenvalue weighted by Crippen LogP contribution is 2.13. The lowest BCUT2D eigenvalue weighted by Crippen LogP contribution is -2.43. The molecule has 7 nitrogen and oxygen atoms in total. The number of thioether (sulfide) groups is 1. The molecule has 1 saturated heterocycles. The summed E-state index contributed by atoms with van der Waals surface area (Å²) in [5, 5.41) is 0. The lowest BCUT2D eigenvalue weighted by Gasteiger charge is -2.26. The van der Waals surface area contributed by atoms with Gasteiger partial charge >= 0.3 is 0 Å². The number of piperidine rings is 1. The fourth-order valence-corrected chi connectivity index (χ4v) is 3.68. The number of amides is 3. The van der Waals surface area contributed by atoms with Gasteiger partial charge < -0.3 is 9.47 Å². The molecule has 2 N–H and O–H groups in total. The summed E-state index contributed by atoms with van der Waals surface area (Å²) in [5.74, 6) is -0.257. The number of nitrogens with zero attached hydrogens (tertiary/aromatic N) is 2. The molecule has 132 valence electrons. The van der Waals surface area contributed by atoms with Crippen LogP contribution in [0.15, 0.2) is 16.7 Å². The third kappa shape index (κ3) is 5.55. The van der Waals surface area contributed by atoms with Crippen molar-refractivity contribution in [3.8, 4) is 0 Å². The van der Waals surface area contributed by atoms with Gasteiger partial charge in [0, 0.05) is 30.8 Å². The molecule has 2 rings (SSSR count). The van der Waals surface area contributed by atoms with Crippen LogP contribution >= 0.6 is 27.7 Å². The van der Waals surface area contributed by atoms with Gasteiger partial charge in [-0.15, -0.1) is 11.8 Å². The number of nitrogens with one attached hydrogen (secondary N) is 2. The van der Waals surface area contributed by atoms with E-state index in [4.69, 9.17) is 0 Å². The summed E-state index contributed by atoms with van der Waals surface area (Å²) < 4.78 is 2.44. The van der Waals surface area contributed by atoms with E-state index in [1.54, 1.807) is 23.9 Å². The van der Waals surface area contributed by atoms with Gasteiger partial charge in [-0.2, -0.15) is 0 Å². The fourth-order valence-electron chi connectivity index (χ4n) is 2.44. The molecule has 0 aromatic carbocycles. The zero-order chi connectivity index (χ0) is 17.5. The zero-order valence-electron chi connectivity index (χ0n) is 13.5. The van der Waals surface area contributed by atoms with Crippen molar-refractivity contribution in [2.24, 2.45) is 7.05 Å². The molecular formula is C15H21BrN4O3S. The van der Waals surface area contributed by atoms with Crippen molar-refractivity contribution in [2.75, 3.05) is 24.6 Å². The van der Waals surface area contributed by atoms with Crippen molar-refractivity contribution in [3.63, 3.8) is 0 Å². The third-order valence-corrected chi connectivity index (χ3v) is 5.04. The Bertz CT molecular complexity index is 614. The molecule has 9 heteroatoms. The molecule has 1 aromatic heterocycles. The molecular weight excluding hydrogens is 396 g/mol. The molecule has 3 amide bonds. The number of carbonyl (C=O) groups is 3. The van der Waals surface area contributed by atoms with Crippen LogP contribution in [0.4, 0.5) is 0 Å². The minimum Gasteiger partial charge on any atom is -0.345 e. The van der Waals surface area contributed by atoms with Crippen molar-refractivity contribution < 1.29 is 14.4 Å². The number of likely N-dealkylation sites (tertiary alicyclic amines) is 1. The highest BCUT2D eigenvalue weighted by Gasteiger charge is 2.17. The molecule has 1 aromatic rings. The predicted octanol–water partition coefficient (Wildman–Crippen LogP) is 1.29. The molecule has 1 fully saturated rings. The van der Waals surface area contributed by atoms with Gasteiger partial charge in [0.2, 0.25) is 11.8 Å². The Morgan fingerprint density at radius 1 is 1.17 bits per heavy atom. The molecule has 1 aliphatic rings. The standard InChI is InChI=1S/C15H21BrN4O3S/c1-19-8-11(16)7-12(19)15(23)18-17-13(21)9-24-10-14(22)20-5-3-2-4-6-20/h7-8H,2-6,9-10H2,1H3,(H,17,21)(H,18,23). The first-order valence-electron chi connectivity index (χ1n) is 7.74. The molecule has 2 heterocycles. The third-order valence-electron chi connectivity index (χ3n) is 3.69. The van der Waals surface area contributed by atoms with E-state index in [1.807, 2.05) is 4.90 Å². The Hall–Kier alpha value is -1.48. The van der Waals surface area contributed by atoms with Crippen molar-refractivity contribution in [1.82, 2.24) is 20.3 Å². The fraction of sp³-hybridized carbons (Fsp3) is 0.533. The second-order valence-corrected chi connectivity index (χ2v) is 7.49. The largest absolute Gasteiger partial charge is 0.345 e. The van der Waals surface area contributed by atoms with E-state index >= 15 is 0 Å². The van der Waals surface area contributed by atoms with Crippen molar-refractivity contribution >= 4 is 45.4 Å². The van der Waals surface area contributed by atoms with Crippen molar-refractivity contribution in [3.05, 3.63) is 22.4 Å². The highest BCUT2D eigenvalue weighted by atomic mass is 79.9. The van der Waals surface area contributed by atoms with Crippen LogP contribution in [0.2, 0.25) is 0 Å². The van der Waals surface area contributed by atoms with Crippen LogP contribution in [0.5, 0.6) is 0 Å². The van der Waals surface area contributed by atoms with Gasteiger partial charge in [0.15, 0.2) is 0 Å². The number of hydrogen-bond acceptors (Lipinski definition) is 4. The number of halogens is 1.